The highest BCUT2D eigenvalue weighted by molar-refractivity contribution is 6.18. The monoisotopic (exact) mass is 231 g/mol. The van der Waals surface area contributed by atoms with Gasteiger partial charge in [0, 0.05) is 12.4 Å². The molecule has 1 aliphatic carbocycles. The van der Waals surface area contributed by atoms with Gasteiger partial charge in [-0.1, -0.05) is 26.7 Å². The molecule has 0 aromatic heterocycles. The zero-order valence-corrected chi connectivity index (χ0v) is 11.1. The molecule has 0 heterocycles. The molecule has 0 unspecified atom stereocenters. The maximum Gasteiger partial charge on any atom is 0.0292 e. The molecular weight excluding hydrogens is 206 g/mol. The van der Waals surface area contributed by atoms with Crippen molar-refractivity contribution in [2.75, 3.05) is 19.0 Å². The lowest BCUT2D eigenvalue weighted by Gasteiger charge is -2.26. The summed E-state index contributed by atoms with van der Waals surface area (Å²) in [4.78, 5) is 0. The third-order valence-corrected chi connectivity index (χ3v) is 4.15. The van der Waals surface area contributed by atoms with Gasteiger partial charge in [0.05, 0.1) is 0 Å². The molecule has 0 spiro atoms. The van der Waals surface area contributed by atoms with E-state index in [0.29, 0.717) is 5.41 Å². The molecule has 0 radical (unpaired) electrons. The predicted molar refractivity (Wildman–Crippen MR) is 68.6 cm³/mol. The first-order chi connectivity index (χ1) is 7.18. The van der Waals surface area contributed by atoms with Gasteiger partial charge in [0.15, 0.2) is 0 Å². The van der Waals surface area contributed by atoms with Gasteiger partial charge in [0.25, 0.3) is 0 Å². The standard InChI is InChI=1S/C13H26ClN/c1-12(2)6-5-9-15-11-13(10-14)7-3-4-8-13/h12,15H,3-11H2,1-2H3. The first kappa shape index (κ1) is 13.3. The zero-order chi connectivity index (χ0) is 11.1. The Bertz CT molecular complexity index is 162. The lowest BCUT2D eigenvalue weighted by molar-refractivity contribution is 0.319. The van der Waals surface area contributed by atoms with Crippen LogP contribution in [0, 0.1) is 11.3 Å². The van der Waals surface area contributed by atoms with Crippen molar-refractivity contribution in [1.82, 2.24) is 5.32 Å². The summed E-state index contributed by atoms with van der Waals surface area (Å²) in [5, 5.41) is 3.59. The van der Waals surface area contributed by atoms with Gasteiger partial charge in [-0.3, -0.25) is 0 Å². The summed E-state index contributed by atoms with van der Waals surface area (Å²) in [6, 6.07) is 0. The second kappa shape index (κ2) is 6.75. The molecular formula is C13H26ClN. The van der Waals surface area contributed by atoms with E-state index in [2.05, 4.69) is 19.2 Å². The van der Waals surface area contributed by atoms with E-state index in [-0.39, 0.29) is 0 Å². The second-order valence-corrected chi connectivity index (χ2v) is 5.82. The van der Waals surface area contributed by atoms with Crippen molar-refractivity contribution >= 4 is 11.6 Å². The molecule has 1 fully saturated rings. The number of hydrogen-bond acceptors (Lipinski definition) is 1. The number of nitrogens with one attached hydrogen (secondary N) is 1. The maximum absolute atomic E-state index is 6.09. The van der Waals surface area contributed by atoms with E-state index >= 15 is 0 Å². The van der Waals surface area contributed by atoms with Crippen LogP contribution in [0.5, 0.6) is 0 Å². The molecule has 1 saturated carbocycles. The molecule has 0 atom stereocenters. The van der Waals surface area contributed by atoms with E-state index in [1.54, 1.807) is 0 Å². The first-order valence-corrected chi connectivity index (χ1v) is 6.99. The third kappa shape index (κ3) is 4.74. The van der Waals surface area contributed by atoms with Crippen LogP contribution in [0.25, 0.3) is 0 Å². The number of halogens is 1. The summed E-state index contributed by atoms with van der Waals surface area (Å²) in [7, 11) is 0. The van der Waals surface area contributed by atoms with Crippen molar-refractivity contribution in [3.8, 4) is 0 Å². The Labute approximate surface area is 100.0 Å². The molecule has 0 saturated heterocycles. The van der Waals surface area contributed by atoms with Crippen LogP contribution >= 0.6 is 11.6 Å². The Hall–Kier alpha value is 0.250. The minimum Gasteiger partial charge on any atom is -0.316 e. The van der Waals surface area contributed by atoms with Crippen LogP contribution in [0.2, 0.25) is 0 Å². The number of hydrogen-bond donors (Lipinski definition) is 1. The quantitative estimate of drug-likeness (QED) is 0.519. The fourth-order valence-electron chi connectivity index (χ4n) is 2.47. The van der Waals surface area contributed by atoms with Crippen molar-refractivity contribution in [1.29, 1.82) is 0 Å². The fraction of sp³-hybridized carbons (Fsp3) is 1.00. The third-order valence-electron chi connectivity index (χ3n) is 3.58. The Morgan fingerprint density at radius 2 is 1.93 bits per heavy atom. The van der Waals surface area contributed by atoms with E-state index < -0.39 is 0 Å². The van der Waals surface area contributed by atoms with Crippen LogP contribution in [0.4, 0.5) is 0 Å². The average molecular weight is 232 g/mol. The fourth-order valence-corrected chi connectivity index (χ4v) is 2.83. The van der Waals surface area contributed by atoms with Crippen molar-refractivity contribution in [2.24, 2.45) is 11.3 Å². The van der Waals surface area contributed by atoms with E-state index in [0.717, 1.165) is 24.9 Å². The minimum atomic E-state index is 0.430. The summed E-state index contributed by atoms with van der Waals surface area (Å²) in [6.07, 6.45) is 8.04. The molecule has 0 aromatic rings. The summed E-state index contributed by atoms with van der Waals surface area (Å²) < 4.78 is 0. The lowest BCUT2D eigenvalue weighted by Crippen LogP contribution is -2.34. The molecule has 0 bridgehead atoms. The number of alkyl halides is 1. The van der Waals surface area contributed by atoms with Gasteiger partial charge in [-0.2, -0.15) is 0 Å². The smallest absolute Gasteiger partial charge is 0.0292 e. The highest BCUT2D eigenvalue weighted by atomic mass is 35.5. The average Bonchev–Trinajstić information content (AvgIpc) is 2.66. The van der Waals surface area contributed by atoms with E-state index in [1.165, 1.54) is 38.5 Å². The molecule has 0 aliphatic heterocycles. The van der Waals surface area contributed by atoms with Crippen LogP contribution < -0.4 is 5.32 Å². The highest BCUT2D eigenvalue weighted by Gasteiger charge is 2.32. The van der Waals surface area contributed by atoms with Crippen molar-refractivity contribution in [3.05, 3.63) is 0 Å². The summed E-state index contributed by atoms with van der Waals surface area (Å²) in [6.45, 7) is 6.87. The van der Waals surface area contributed by atoms with Crippen LogP contribution in [-0.2, 0) is 0 Å². The largest absolute Gasteiger partial charge is 0.316 e. The van der Waals surface area contributed by atoms with E-state index in [1.807, 2.05) is 0 Å². The Morgan fingerprint density at radius 1 is 1.27 bits per heavy atom. The second-order valence-electron chi connectivity index (χ2n) is 5.55. The van der Waals surface area contributed by atoms with Crippen LogP contribution in [0.1, 0.15) is 52.4 Å². The van der Waals surface area contributed by atoms with Crippen molar-refractivity contribution < 1.29 is 0 Å². The van der Waals surface area contributed by atoms with Gasteiger partial charge in [-0.05, 0) is 43.6 Å². The summed E-state index contributed by atoms with van der Waals surface area (Å²) >= 11 is 6.09. The predicted octanol–water partition coefficient (Wildman–Crippen LogP) is 3.81. The van der Waals surface area contributed by atoms with Gasteiger partial charge in [-0.15, -0.1) is 11.6 Å². The van der Waals surface area contributed by atoms with Gasteiger partial charge in [-0.25, -0.2) is 0 Å². The molecule has 2 heteroatoms. The van der Waals surface area contributed by atoms with Crippen molar-refractivity contribution in [2.45, 2.75) is 52.4 Å². The highest BCUT2D eigenvalue weighted by Crippen LogP contribution is 2.38. The SMILES string of the molecule is CC(C)CCCNCC1(CCl)CCCC1. The molecule has 1 nitrogen and oxygen atoms in total. The molecule has 15 heavy (non-hydrogen) atoms. The number of rotatable bonds is 7. The van der Waals surface area contributed by atoms with Gasteiger partial charge >= 0.3 is 0 Å². The molecule has 0 aromatic carbocycles. The van der Waals surface area contributed by atoms with Gasteiger partial charge in [0.1, 0.15) is 0 Å². The summed E-state index contributed by atoms with van der Waals surface area (Å²) in [5.74, 6) is 1.67. The van der Waals surface area contributed by atoms with Crippen LogP contribution in [-0.4, -0.2) is 19.0 Å². The Morgan fingerprint density at radius 3 is 2.47 bits per heavy atom. The first-order valence-electron chi connectivity index (χ1n) is 6.45. The topological polar surface area (TPSA) is 12.0 Å². The lowest BCUT2D eigenvalue weighted by atomic mass is 9.88. The van der Waals surface area contributed by atoms with Crippen LogP contribution in [0.3, 0.4) is 0 Å². The van der Waals surface area contributed by atoms with Gasteiger partial charge < -0.3 is 5.32 Å². The maximum atomic E-state index is 6.09. The van der Waals surface area contributed by atoms with E-state index in [9.17, 15) is 0 Å². The zero-order valence-electron chi connectivity index (χ0n) is 10.3. The normalized spacial score (nSPS) is 20.0. The molecule has 1 N–H and O–H groups in total. The Balaban J connectivity index is 2.07. The van der Waals surface area contributed by atoms with Crippen LogP contribution in [0.15, 0.2) is 0 Å². The molecule has 1 aliphatic rings. The molecule has 1 rings (SSSR count). The molecule has 0 amide bonds. The summed E-state index contributed by atoms with van der Waals surface area (Å²) in [5.41, 5.74) is 0.430. The molecule has 90 valence electrons. The van der Waals surface area contributed by atoms with Crippen molar-refractivity contribution in [3.63, 3.8) is 0 Å². The Kier molecular flexibility index (Phi) is 5.99. The minimum absolute atomic E-state index is 0.430. The van der Waals surface area contributed by atoms with E-state index in [4.69, 9.17) is 11.6 Å². The van der Waals surface area contributed by atoms with Gasteiger partial charge in [0.2, 0.25) is 0 Å².